The van der Waals surface area contributed by atoms with Crippen molar-refractivity contribution in [3.8, 4) is 0 Å². The second kappa shape index (κ2) is 5.41. The Kier molecular flexibility index (Phi) is 3.37. The van der Waals surface area contributed by atoms with E-state index in [0.717, 1.165) is 11.3 Å². The molecule has 4 rings (SSSR count). The predicted molar refractivity (Wildman–Crippen MR) is 92.5 cm³/mol. The molecule has 2 heterocycles. The maximum Gasteiger partial charge on any atom is 0.256 e. The second-order valence-electron chi connectivity index (χ2n) is 6.67. The van der Waals surface area contributed by atoms with Crippen LogP contribution in [0.4, 0.5) is 0 Å². The van der Waals surface area contributed by atoms with Crippen molar-refractivity contribution in [1.29, 1.82) is 0 Å². The molecular weight excluding hydrogens is 284 g/mol. The van der Waals surface area contributed by atoms with Gasteiger partial charge >= 0.3 is 0 Å². The lowest BCUT2D eigenvalue weighted by Gasteiger charge is -2.17. The minimum absolute atomic E-state index is 0.159. The molecule has 3 heteroatoms. The molecule has 3 nitrogen and oxygen atoms in total. The van der Waals surface area contributed by atoms with Gasteiger partial charge in [0.15, 0.2) is 0 Å². The molecule has 1 saturated carbocycles. The Balaban J connectivity index is 1.54. The van der Waals surface area contributed by atoms with Gasteiger partial charge in [0, 0.05) is 30.5 Å². The molecule has 23 heavy (non-hydrogen) atoms. The molecule has 0 spiro atoms. The van der Waals surface area contributed by atoms with Crippen molar-refractivity contribution in [3.05, 3.63) is 65.0 Å². The zero-order chi connectivity index (χ0) is 16.0. The van der Waals surface area contributed by atoms with Crippen LogP contribution < -0.4 is 0 Å². The highest BCUT2D eigenvalue weighted by Crippen LogP contribution is 2.38. The predicted octanol–water partition coefficient (Wildman–Crippen LogP) is 3.98. The lowest BCUT2D eigenvalue weighted by Crippen LogP contribution is -2.29. The van der Waals surface area contributed by atoms with E-state index in [1.165, 1.54) is 29.7 Å². The van der Waals surface area contributed by atoms with Crippen LogP contribution >= 0.6 is 0 Å². The van der Waals surface area contributed by atoms with Crippen molar-refractivity contribution in [1.82, 2.24) is 9.47 Å². The fourth-order valence-corrected chi connectivity index (χ4v) is 3.63. The Hall–Kier alpha value is -2.29. The van der Waals surface area contributed by atoms with Crippen molar-refractivity contribution in [2.75, 3.05) is 13.1 Å². The average Bonchev–Trinajstić information content (AvgIpc) is 3.18. The molecule has 2 aliphatic rings. The van der Waals surface area contributed by atoms with Gasteiger partial charge in [0.25, 0.3) is 5.91 Å². The molecule has 118 valence electrons. The molecule has 0 bridgehead atoms. The number of rotatable bonds is 3. The van der Waals surface area contributed by atoms with Crippen LogP contribution in [0.15, 0.2) is 42.5 Å². The van der Waals surface area contributed by atoms with Gasteiger partial charge in [-0.3, -0.25) is 4.79 Å². The first-order chi connectivity index (χ1) is 11.1. The summed E-state index contributed by atoms with van der Waals surface area (Å²) < 4.78 is 2.34. The van der Waals surface area contributed by atoms with E-state index in [2.05, 4.69) is 42.7 Å². The summed E-state index contributed by atoms with van der Waals surface area (Å²) in [5, 5.41) is 0. The van der Waals surface area contributed by atoms with Crippen LogP contribution in [-0.2, 0) is 0 Å². The number of carbonyl (C=O) groups excluding carboxylic acids is 1. The number of benzene rings is 1. The summed E-state index contributed by atoms with van der Waals surface area (Å²) in [5.41, 5.74) is 5.67. The number of hydrogen-bond acceptors (Lipinski definition) is 1. The number of amides is 1. The van der Waals surface area contributed by atoms with Crippen molar-refractivity contribution in [2.24, 2.45) is 0 Å². The SMILES string of the molecule is Cc1cc(C(=O)N2CC=C(c3ccccc3)C2)c(C)n1C1CC1. The minimum atomic E-state index is 0.159. The summed E-state index contributed by atoms with van der Waals surface area (Å²) in [6.07, 6.45) is 4.66. The molecule has 1 aromatic heterocycles. The molecule has 1 amide bonds. The molecule has 1 aliphatic carbocycles. The molecule has 0 N–H and O–H groups in total. The monoisotopic (exact) mass is 306 g/mol. The highest BCUT2D eigenvalue weighted by molar-refractivity contribution is 5.97. The third-order valence-corrected chi connectivity index (χ3v) is 4.98. The molecular formula is C20H22N2O. The van der Waals surface area contributed by atoms with E-state index in [0.29, 0.717) is 19.1 Å². The number of aromatic nitrogens is 1. The first kappa shape index (κ1) is 14.3. The highest BCUT2D eigenvalue weighted by atomic mass is 16.2. The molecule has 0 unspecified atom stereocenters. The van der Waals surface area contributed by atoms with Crippen LogP contribution in [0.2, 0.25) is 0 Å². The molecule has 0 atom stereocenters. The minimum Gasteiger partial charge on any atom is -0.345 e. The third-order valence-electron chi connectivity index (χ3n) is 4.98. The van der Waals surface area contributed by atoms with E-state index in [4.69, 9.17) is 0 Å². The van der Waals surface area contributed by atoms with Gasteiger partial charge in [-0.1, -0.05) is 36.4 Å². The largest absolute Gasteiger partial charge is 0.345 e. The molecule has 1 aromatic carbocycles. The van der Waals surface area contributed by atoms with Gasteiger partial charge in [-0.05, 0) is 43.9 Å². The summed E-state index contributed by atoms with van der Waals surface area (Å²) in [5.74, 6) is 0.159. The van der Waals surface area contributed by atoms with Crippen LogP contribution in [0.25, 0.3) is 5.57 Å². The maximum absolute atomic E-state index is 12.9. The summed E-state index contributed by atoms with van der Waals surface area (Å²) in [7, 11) is 0. The quantitative estimate of drug-likeness (QED) is 0.842. The maximum atomic E-state index is 12.9. The summed E-state index contributed by atoms with van der Waals surface area (Å²) >= 11 is 0. The average molecular weight is 306 g/mol. The van der Waals surface area contributed by atoms with Crippen LogP contribution in [0, 0.1) is 13.8 Å². The third kappa shape index (κ3) is 2.50. The van der Waals surface area contributed by atoms with Crippen molar-refractivity contribution < 1.29 is 4.79 Å². The number of hydrogen-bond donors (Lipinski definition) is 0. The van der Waals surface area contributed by atoms with Crippen LogP contribution in [-0.4, -0.2) is 28.5 Å². The topological polar surface area (TPSA) is 25.2 Å². The summed E-state index contributed by atoms with van der Waals surface area (Å²) in [6, 6.07) is 13.0. The van der Waals surface area contributed by atoms with E-state index < -0.39 is 0 Å². The fraction of sp³-hybridized carbons (Fsp3) is 0.350. The van der Waals surface area contributed by atoms with Gasteiger partial charge in [0.1, 0.15) is 0 Å². The van der Waals surface area contributed by atoms with Gasteiger partial charge < -0.3 is 9.47 Å². The normalized spacial score (nSPS) is 17.5. The molecule has 1 fully saturated rings. The van der Waals surface area contributed by atoms with Crippen LogP contribution in [0.3, 0.4) is 0 Å². The van der Waals surface area contributed by atoms with Crippen LogP contribution in [0.1, 0.15) is 46.2 Å². The van der Waals surface area contributed by atoms with E-state index in [-0.39, 0.29) is 5.91 Å². The Bertz CT molecular complexity index is 781. The zero-order valence-corrected chi connectivity index (χ0v) is 13.7. The van der Waals surface area contributed by atoms with Gasteiger partial charge in [-0.15, -0.1) is 0 Å². The summed E-state index contributed by atoms with van der Waals surface area (Å²) in [4.78, 5) is 14.9. The van der Waals surface area contributed by atoms with Crippen molar-refractivity contribution >= 4 is 11.5 Å². The number of aryl methyl sites for hydroxylation is 1. The number of nitrogens with zero attached hydrogens (tertiary/aromatic N) is 2. The van der Waals surface area contributed by atoms with E-state index in [1.54, 1.807) is 0 Å². The Morgan fingerprint density at radius 2 is 1.87 bits per heavy atom. The van der Waals surface area contributed by atoms with Crippen LogP contribution in [0.5, 0.6) is 0 Å². The van der Waals surface area contributed by atoms with Crippen molar-refractivity contribution in [2.45, 2.75) is 32.7 Å². The molecule has 2 aromatic rings. The second-order valence-corrected chi connectivity index (χ2v) is 6.67. The fourth-order valence-electron chi connectivity index (χ4n) is 3.63. The molecule has 0 saturated heterocycles. The van der Waals surface area contributed by atoms with E-state index >= 15 is 0 Å². The zero-order valence-electron chi connectivity index (χ0n) is 13.7. The molecule has 1 aliphatic heterocycles. The standard InChI is InChI=1S/C20H22N2O/c1-14-12-19(15(2)22(14)18-8-9-18)20(23)21-11-10-17(13-21)16-6-4-3-5-7-16/h3-7,10,12,18H,8-9,11,13H2,1-2H3. The smallest absolute Gasteiger partial charge is 0.256 e. The first-order valence-electron chi connectivity index (χ1n) is 8.37. The molecule has 0 radical (unpaired) electrons. The lowest BCUT2D eigenvalue weighted by molar-refractivity contribution is 0.0800. The Morgan fingerprint density at radius 1 is 1.13 bits per heavy atom. The summed E-state index contributed by atoms with van der Waals surface area (Å²) in [6.45, 7) is 5.60. The van der Waals surface area contributed by atoms with Gasteiger partial charge in [0.2, 0.25) is 0 Å². The van der Waals surface area contributed by atoms with E-state index in [1.807, 2.05) is 23.1 Å². The first-order valence-corrected chi connectivity index (χ1v) is 8.37. The van der Waals surface area contributed by atoms with Crippen molar-refractivity contribution in [3.63, 3.8) is 0 Å². The lowest BCUT2D eigenvalue weighted by atomic mass is 10.1. The Morgan fingerprint density at radius 3 is 2.57 bits per heavy atom. The van der Waals surface area contributed by atoms with E-state index in [9.17, 15) is 4.79 Å². The van der Waals surface area contributed by atoms with Gasteiger partial charge in [-0.2, -0.15) is 0 Å². The Labute approximate surface area is 137 Å². The number of carbonyl (C=O) groups is 1. The van der Waals surface area contributed by atoms with Gasteiger partial charge in [0.05, 0.1) is 5.56 Å². The highest BCUT2D eigenvalue weighted by Gasteiger charge is 2.30. The van der Waals surface area contributed by atoms with Gasteiger partial charge in [-0.25, -0.2) is 0 Å².